The van der Waals surface area contributed by atoms with Gasteiger partial charge >= 0.3 is 45.5 Å². The minimum absolute atomic E-state index is 0. The van der Waals surface area contributed by atoms with Crippen LogP contribution in [0.2, 0.25) is 0 Å². The van der Waals surface area contributed by atoms with Gasteiger partial charge in [-0.3, -0.25) is 0 Å². The first-order valence-electron chi connectivity index (χ1n) is 0. The third kappa shape index (κ3) is 254. The number of rotatable bonds is 0. The molecule has 0 amide bonds. The Kier molecular flexibility index (Phi) is 10900. The van der Waals surface area contributed by atoms with Gasteiger partial charge < -0.3 is 52.1 Å². The van der Waals surface area contributed by atoms with Crippen LogP contribution < -0.4 is 0 Å². The van der Waals surface area contributed by atoms with Crippen LogP contribution in [0.5, 0.6) is 0 Å². The van der Waals surface area contributed by atoms with Crippen molar-refractivity contribution in [2.75, 3.05) is 0 Å². The molecule has 0 aromatic rings. The molecule has 12 heavy (non-hydrogen) atoms. The summed E-state index contributed by atoms with van der Waals surface area (Å²) in [6, 6.07) is 0. The Morgan fingerprint density at radius 3 is 0.417 bits per heavy atom. The summed E-state index contributed by atoms with van der Waals surface area (Å²) in [4.78, 5) is 0. The van der Waals surface area contributed by atoms with Crippen LogP contribution in [0.3, 0.4) is 0 Å². The molecular weight excluding hydrogens is 372 g/mol. The van der Waals surface area contributed by atoms with E-state index in [0.717, 1.165) is 0 Å². The fraction of sp³-hybridized carbons (Fsp3) is 0. The minimum atomic E-state index is 0. The van der Waals surface area contributed by atoms with Crippen LogP contribution in [0.25, 0.3) is 0 Å². The van der Waals surface area contributed by atoms with E-state index in [0.29, 0.717) is 0 Å². The van der Waals surface area contributed by atoms with Gasteiger partial charge in [-0.1, -0.05) is 0 Å². The Bertz CT molecular complexity index is 22.8. The average Bonchev–Trinajstić information content (AvgIpc) is 0. The average molecular weight is 393 g/mol. The van der Waals surface area contributed by atoms with Gasteiger partial charge in [0.2, 0.25) is 0 Å². The van der Waals surface area contributed by atoms with Crippen LogP contribution in [-0.2, 0) is 44.1 Å². The monoisotopic (exact) mass is 393 g/mol. The van der Waals surface area contributed by atoms with Gasteiger partial charge in [-0.05, 0) is 0 Å². The maximum absolute atomic E-state index is 0. The molecule has 0 unspecified atom stereocenters. The molecule has 0 saturated carbocycles. The molecule has 9 nitrogen and oxygen atoms in total. The van der Waals surface area contributed by atoms with Crippen molar-refractivity contribution in [2.24, 2.45) is 0 Å². The first-order valence-corrected chi connectivity index (χ1v) is 0. The van der Waals surface area contributed by atoms with Gasteiger partial charge in [0.1, 0.15) is 0 Å². The topological polar surface area (TPSA) is 284 Å². The van der Waals surface area contributed by atoms with Crippen molar-refractivity contribution >= 4 is 45.5 Å². The number of hydrogen-bond donors (Lipinski definition) is 0. The smallest absolute Gasteiger partial charge is 1.00 e. The van der Waals surface area contributed by atoms with E-state index in [2.05, 4.69) is 0 Å². The Morgan fingerprint density at radius 1 is 0.417 bits per heavy atom. The van der Waals surface area contributed by atoms with E-state index in [-0.39, 0.29) is 142 Å². The van der Waals surface area contributed by atoms with E-state index >= 15 is 0 Å². The van der Waals surface area contributed by atoms with Crippen LogP contribution in [0.4, 0.5) is 0 Å². The Labute approximate surface area is 140 Å². The summed E-state index contributed by atoms with van der Waals surface area (Å²) < 4.78 is 0. The van der Waals surface area contributed by atoms with Gasteiger partial charge in [-0.15, -0.1) is 0 Å². The van der Waals surface area contributed by atoms with Crippen LogP contribution in [0.15, 0.2) is 0 Å². The summed E-state index contributed by atoms with van der Waals surface area (Å²) in [5.74, 6) is 0. The van der Waals surface area contributed by atoms with E-state index in [1.807, 2.05) is 0 Å². The molecule has 0 aliphatic rings. The van der Waals surface area contributed by atoms with Crippen molar-refractivity contribution in [1.82, 2.24) is 0 Å². The van der Waals surface area contributed by atoms with E-state index in [9.17, 15) is 0 Å². The van der Waals surface area contributed by atoms with Gasteiger partial charge in [0.15, 0.2) is 0 Å². The molecule has 0 atom stereocenters. The zero-order valence-corrected chi connectivity index (χ0v) is 13.4. The van der Waals surface area contributed by atoms with Crippen molar-refractivity contribution in [3.05, 3.63) is 0 Å². The van der Waals surface area contributed by atoms with E-state index < -0.39 is 0 Å². The van der Waals surface area contributed by atoms with Crippen molar-refractivity contribution in [3.8, 4) is 0 Å². The van der Waals surface area contributed by atoms with Crippen molar-refractivity contribution < 1.29 is 96.2 Å². The van der Waals surface area contributed by atoms with E-state index in [4.69, 9.17) is 0 Å². The molecule has 0 fully saturated rings. The summed E-state index contributed by atoms with van der Waals surface area (Å²) in [6.07, 6.45) is 0. The molecule has 0 aliphatic heterocycles. The van der Waals surface area contributed by atoms with Crippen LogP contribution in [0.1, 0.15) is 2.85 Å². The molecule has 85 valence electrons. The van der Waals surface area contributed by atoms with Crippen molar-refractivity contribution in [2.45, 2.75) is 0 Å². The summed E-state index contributed by atoms with van der Waals surface area (Å²) in [6.45, 7) is 0. The Hall–Kier alpha value is 2.58. The van der Waals surface area contributed by atoms with E-state index in [1.54, 1.807) is 0 Å². The SMILES string of the molecule is O.O.O.O.O.O.O.O.O.[H-].[H-].[Nb].[Sr+2].[Ti]. The van der Waals surface area contributed by atoms with Gasteiger partial charge in [-0.25, -0.2) is 0 Å². The molecule has 12 heteroatoms. The van der Waals surface area contributed by atoms with Crippen molar-refractivity contribution in [3.63, 3.8) is 0 Å². The Morgan fingerprint density at radius 2 is 0.417 bits per heavy atom. The zero-order valence-electron chi connectivity index (χ0n) is 8.15. The first kappa shape index (κ1) is 405. The molecule has 0 heterocycles. The molecule has 0 bridgehead atoms. The van der Waals surface area contributed by atoms with Crippen LogP contribution in [-0.4, -0.2) is 94.8 Å². The fourth-order valence-corrected chi connectivity index (χ4v) is 0. The second-order valence-electron chi connectivity index (χ2n) is 0. The zero-order chi connectivity index (χ0) is 0. The fourth-order valence-electron chi connectivity index (χ4n) is 0. The molecule has 0 saturated heterocycles. The van der Waals surface area contributed by atoms with Crippen LogP contribution >= 0.6 is 0 Å². The third-order valence-corrected chi connectivity index (χ3v) is 0. The Balaban J connectivity index is 0. The molecule has 0 spiro atoms. The normalized spacial score (nSPS) is 0. The molecule has 0 rings (SSSR count). The van der Waals surface area contributed by atoms with Crippen LogP contribution in [0, 0.1) is 0 Å². The van der Waals surface area contributed by atoms with Gasteiger partial charge in [0.25, 0.3) is 0 Å². The molecule has 1 radical (unpaired) electrons. The summed E-state index contributed by atoms with van der Waals surface area (Å²) in [5.41, 5.74) is 0. The van der Waals surface area contributed by atoms with E-state index in [1.165, 1.54) is 0 Å². The molecular formula is H20NbO9SrTi. The third-order valence-electron chi connectivity index (χ3n) is 0. The maximum atomic E-state index is 0. The summed E-state index contributed by atoms with van der Waals surface area (Å²) >= 11 is 0. The van der Waals surface area contributed by atoms with Crippen molar-refractivity contribution in [1.29, 1.82) is 0 Å². The summed E-state index contributed by atoms with van der Waals surface area (Å²) in [7, 11) is 0. The molecule has 0 aromatic carbocycles. The molecule has 0 aliphatic carbocycles. The standard InChI is InChI=1S/Nb.9H2O.Sr.Ti.2H/h;9*1H2;;;;/q;;;;;;;;;;+2;;2*-1. The first-order chi connectivity index (χ1) is 0. The second-order valence-corrected chi connectivity index (χ2v) is 0. The van der Waals surface area contributed by atoms with Gasteiger partial charge in [0.05, 0.1) is 0 Å². The summed E-state index contributed by atoms with van der Waals surface area (Å²) in [5, 5.41) is 0. The number of hydrogen-bond acceptors (Lipinski definition) is 0. The predicted octanol–water partition coefficient (Wildman–Crippen LogP) is -7.58. The predicted molar refractivity (Wildman–Crippen MR) is 40.5 cm³/mol. The van der Waals surface area contributed by atoms with Gasteiger partial charge in [0, 0.05) is 44.1 Å². The quantitative estimate of drug-likeness (QED) is 0.347. The molecule has 18 N–H and O–H groups in total. The molecule has 0 aromatic heterocycles. The van der Waals surface area contributed by atoms with Gasteiger partial charge in [-0.2, -0.15) is 0 Å². The minimum Gasteiger partial charge on any atom is -1.00 e. The largest absolute Gasteiger partial charge is 2.00 e. The maximum Gasteiger partial charge on any atom is 2.00 e. The second kappa shape index (κ2) is 324.